The number of carbonyl (C=O) groups is 2. The van der Waals surface area contributed by atoms with Crippen LogP contribution in [0.3, 0.4) is 0 Å². The molecule has 1 aliphatic heterocycles. The van der Waals surface area contributed by atoms with Gasteiger partial charge in [-0.2, -0.15) is 0 Å². The van der Waals surface area contributed by atoms with E-state index in [4.69, 9.17) is 4.74 Å². The van der Waals surface area contributed by atoms with Crippen LogP contribution in [0.25, 0.3) is 0 Å². The number of benzene rings is 1. The third-order valence-corrected chi connectivity index (χ3v) is 4.65. The number of hydrogen-bond acceptors (Lipinski definition) is 4. The van der Waals surface area contributed by atoms with E-state index >= 15 is 0 Å². The van der Waals surface area contributed by atoms with Crippen LogP contribution < -0.4 is 10.1 Å². The van der Waals surface area contributed by atoms with Gasteiger partial charge in [-0.3, -0.25) is 9.59 Å². The zero-order valence-corrected chi connectivity index (χ0v) is 16.4. The van der Waals surface area contributed by atoms with Crippen molar-refractivity contribution in [1.29, 1.82) is 0 Å². The molecule has 134 valence electrons. The molecule has 1 atom stereocenters. The van der Waals surface area contributed by atoms with Crippen LogP contribution in [-0.2, 0) is 4.79 Å². The molecular formula is C17H24BrClN2O3. The van der Waals surface area contributed by atoms with Gasteiger partial charge in [-0.15, -0.1) is 12.4 Å². The first-order valence-electron chi connectivity index (χ1n) is 7.84. The van der Waals surface area contributed by atoms with E-state index in [1.165, 1.54) is 7.11 Å². The fourth-order valence-electron chi connectivity index (χ4n) is 2.93. The Morgan fingerprint density at radius 2 is 2.12 bits per heavy atom. The molecule has 0 saturated carbocycles. The summed E-state index contributed by atoms with van der Waals surface area (Å²) in [5.74, 6) is 1.05. The summed E-state index contributed by atoms with van der Waals surface area (Å²) in [6, 6.07) is 5.32. The fraction of sp³-hybridized carbons (Fsp3) is 0.529. The summed E-state index contributed by atoms with van der Waals surface area (Å²) in [6.45, 7) is 2.51. The number of nitrogens with zero attached hydrogens (tertiary/aromatic N) is 1. The van der Waals surface area contributed by atoms with Gasteiger partial charge in [0.05, 0.1) is 12.7 Å². The van der Waals surface area contributed by atoms with Crippen molar-refractivity contribution in [2.24, 2.45) is 5.92 Å². The highest BCUT2D eigenvalue weighted by atomic mass is 79.9. The molecule has 1 aliphatic rings. The Bertz CT molecular complexity index is 583. The minimum absolute atomic E-state index is 0. The summed E-state index contributed by atoms with van der Waals surface area (Å²) in [7, 11) is 3.46. The standard InChI is InChI=1S/C17H23BrN2O3.ClH/c1-19-10-12-7-8-20(11-12)17(22)6-4-15(21)14-9-13(18)3-5-16(14)23-2;/h3,5,9,12,19H,4,6-8,10-11H2,1-2H3;1H. The third-order valence-electron chi connectivity index (χ3n) is 4.16. The molecule has 1 fully saturated rings. The minimum atomic E-state index is -0.0672. The number of likely N-dealkylation sites (tertiary alicyclic amines) is 1. The molecule has 1 aromatic carbocycles. The molecule has 7 heteroatoms. The number of methoxy groups -OCH3 is 1. The molecule has 0 aromatic heterocycles. The van der Waals surface area contributed by atoms with Crippen LogP contribution in [0.2, 0.25) is 0 Å². The smallest absolute Gasteiger partial charge is 0.223 e. The Kier molecular flexibility index (Phi) is 8.73. The van der Waals surface area contributed by atoms with Crippen LogP contribution in [0.1, 0.15) is 29.6 Å². The summed E-state index contributed by atoms with van der Waals surface area (Å²) in [5, 5.41) is 3.15. The van der Waals surface area contributed by atoms with Crippen molar-refractivity contribution in [2.45, 2.75) is 19.3 Å². The zero-order chi connectivity index (χ0) is 16.8. The molecule has 0 spiro atoms. The second-order valence-corrected chi connectivity index (χ2v) is 6.74. The van der Waals surface area contributed by atoms with Crippen LogP contribution in [0.15, 0.2) is 22.7 Å². The topological polar surface area (TPSA) is 58.6 Å². The van der Waals surface area contributed by atoms with Crippen molar-refractivity contribution >= 4 is 40.0 Å². The predicted octanol–water partition coefficient (Wildman–Crippen LogP) is 2.91. The highest BCUT2D eigenvalue weighted by Gasteiger charge is 2.26. The molecule has 0 bridgehead atoms. The molecule has 1 amide bonds. The summed E-state index contributed by atoms with van der Waals surface area (Å²) >= 11 is 3.36. The lowest BCUT2D eigenvalue weighted by Gasteiger charge is -2.16. The molecule has 0 radical (unpaired) electrons. The van der Waals surface area contributed by atoms with Gasteiger partial charge in [-0.25, -0.2) is 0 Å². The largest absolute Gasteiger partial charge is 0.496 e. The average molecular weight is 420 g/mol. The quantitative estimate of drug-likeness (QED) is 0.690. The average Bonchev–Trinajstić information content (AvgIpc) is 3.01. The van der Waals surface area contributed by atoms with Gasteiger partial charge in [0, 0.05) is 30.4 Å². The summed E-state index contributed by atoms with van der Waals surface area (Å²) in [5.41, 5.74) is 0.518. The van der Waals surface area contributed by atoms with Crippen molar-refractivity contribution in [1.82, 2.24) is 10.2 Å². The summed E-state index contributed by atoms with van der Waals surface area (Å²) in [4.78, 5) is 26.5. The normalized spacial score (nSPS) is 16.6. The molecule has 2 rings (SSSR count). The van der Waals surface area contributed by atoms with Gasteiger partial charge in [0.1, 0.15) is 5.75 Å². The van der Waals surface area contributed by atoms with Gasteiger partial charge in [0.25, 0.3) is 0 Å². The molecule has 1 saturated heterocycles. The first kappa shape index (κ1) is 20.9. The van der Waals surface area contributed by atoms with E-state index in [-0.39, 0.29) is 36.9 Å². The number of nitrogens with one attached hydrogen (secondary N) is 1. The van der Waals surface area contributed by atoms with Crippen molar-refractivity contribution in [3.05, 3.63) is 28.2 Å². The van der Waals surface area contributed by atoms with Crippen LogP contribution in [0, 0.1) is 5.92 Å². The van der Waals surface area contributed by atoms with Crippen LogP contribution >= 0.6 is 28.3 Å². The highest BCUT2D eigenvalue weighted by Crippen LogP contribution is 2.25. The highest BCUT2D eigenvalue weighted by molar-refractivity contribution is 9.10. The Labute approximate surface area is 157 Å². The Morgan fingerprint density at radius 3 is 2.79 bits per heavy atom. The van der Waals surface area contributed by atoms with Crippen LogP contribution in [0.4, 0.5) is 0 Å². The van der Waals surface area contributed by atoms with Crippen molar-refractivity contribution in [3.63, 3.8) is 0 Å². The second kappa shape index (κ2) is 10.0. The molecule has 1 unspecified atom stereocenters. The summed E-state index contributed by atoms with van der Waals surface area (Å²) < 4.78 is 6.05. The van der Waals surface area contributed by atoms with Gasteiger partial charge < -0.3 is 15.0 Å². The number of hydrogen-bond donors (Lipinski definition) is 1. The van der Waals surface area contributed by atoms with Gasteiger partial charge in [-0.1, -0.05) is 15.9 Å². The zero-order valence-electron chi connectivity index (χ0n) is 14.0. The second-order valence-electron chi connectivity index (χ2n) is 5.82. The molecule has 0 aliphatic carbocycles. The number of ether oxygens (including phenoxy) is 1. The lowest BCUT2D eigenvalue weighted by molar-refractivity contribution is -0.130. The Balaban J connectivity index is 0.00000288. The van der Waals surface area contributed by atoms with E-state index in [0.29, 0.717) is 17.2 Å². The molecule has 5 nitrogen and oxygen atoms in total. The van der Waals surface area contributed by atoms with E-state index < -0.39 is 0 Å². The van der Waals surface area contributed by atoms with Crippen molar-refractivity contribution in [3.8, 4) is 5.75 Å². The maximum absolute atomic E-state index is 12.4. The SMILES string of the molecule is CNCC1CCN(C(=O)CCC(=O)c2cc(Br)ccc2OC)C1.Cl. The number of Topliss-reactive ketones (excluding diaryl/α,β-unsaturated/α-hetero) is 1. The van der Waals surface area contributed by atoms with Gasteiger partial charge >= 0.3 is 0 Å². The number of halogens is 2. The fourth-order valence-corrected chi connectivity index (χ4v) is 3.29. The molecule has 24 heavy (non-hydrogen) atoms. The number of amides is 1. The first-order chi connectivity index (χ1) is 11.0. The van der Waals surface area contributed by atoms with E-state index in [1.807, 2.05) is 18.0 Å². The van der Waals surface area contributed by atoms with Crippen LogP contribution in [-0.4, -0.2) is 50.4 Å². The Morgan fingerprint density at radius 1 is 1.38 bits per heavy atom. The van der Waals surface area contributed by atoms with E-state index in [9.17, 15) is 9.59 Å². The molecular weight excluding hydrogens is 396 g/mol. The van der Waals surface area contributed by atoms with E-state index in [0.717, 1.165) is 30.5 Å². The van der Waals surface area contributed by atoms with Gasteiger partial charge in [-0.05, 0) is 44.1 Å². The molecule has 1 N–H and O–H groups in total. The third kappa shape index (κ3) is 5.46. The number of rotatable bonds is 7. The van der Waals surface area contributed by atoms with E-state index in [1.54, 1.807) is 12.1 Å². The van der Waals surface area contributed by atoms with Crippen LogP contribution in [0.5, 0.6) is 5.75 Å². The predicted molar refractivity (Wildman–Crippen MR) is 100 cm³/mol. The number of carbonyl (C=O) groups excluding carboxylic acids is 2. The minimum Gasteiger partial charge on any atom is -0.496 e. The first-order valence-corrected chi connectivity index (χ1v) is 8.63. The van der Waals surface area contributed by atoms with Gasteiger partial charge in [0.2, 0.25) is 5.91 Å². The summed E-state index contributed by atoms with van der Waals surface area (Å²) in [6.07, 6.45) is 1.49. The lowest BCUT2D eigenvalue weighted by Crippen LogP contribution is -2.30. The van der Waals surface area contributed by atoms with Gasteiger partial charge in [0.15, 0.2) is 5.78 Å². The van der Waals surface area contributed by atoms with Crippen molar-refractivity contribution < 1.29 is 14.3 Å². The monoisotopic (exact) mass is 418 g/mol. The van der Waals surface area contributed by atoms with E-state index in [2.05, 4.69) is 21.2 Å². The molecule has 1 aromatic rings. The maximum atomic E-state index is 12.4. The number of ketones is 1. The van der Waals surface area contributed by atoms with Crippen molar-refractivity contribution in [2.75, 3.05) is 33.8 Å². The maximum Gasteiger partial charge on any atom is 0.223 e. The molecule has 1 heterocycles. The lowest BCUT2D eigenvalue weighted by atomic mass is 10.1. The Hall–Kier alpha value is -1.11.